The molecule has 0 aliphatic carbocycles. The molecule has 0 radical (unpaired) electrons. The summed E-state index contributed by atoms with van der Waals surface area (Å²) in [6.07, 6.45) is -4.45. The molecule has 1 aliphatic rings. The summed E-state index contributed by atoms with van der Waals surface area (Å²) in [5, 5.41) is 19.3. The third-order valence-electron chi connectivity index (χ3n) is 5.15. The highest BCUT2D eigenvalue weighted by Gasteiger charge is 2.40. The molecular weight excluding hydrogens is 486 g/mol. The quantitative estimate of drug-likeness (QED) is 0.574. The molecule has 1 aliphatic heterocycles. The van der Waals surface area contributed by atoms with Gasteiger partial charge in [0.15, 0.2) is 5.82 Å². The molecular formula is C20H20Cl2F3N5O3. The first-order chi connectivity index (χ1) is 15.6. The van der Waals surface area contributed by atoms with Crippen LogP contribution in [-0.4, -0.2) is 55.1 Å². The second kappa shape index (κ2) is 9.22. The molecule has 13 heteroatoms. The van der Waals surface area contributed by atoms with Crippen molar-refractivity contribution in [2.24, 2.45) is 0 Å². The summed E-state index contributed by atoms with van der Waals surface area (Å²) in [7, 11) is 0. The number of hydrogen-bond donors (Lipinski definition) is 1. The lowest BCUT2D eigenvalue weighted by atomic mass is 10.0. The predicted octanol–water partition coefficient (Wildman–Crippen LogP) is 4.18. The van der Waals surface area contributed by atoms with Gasteiger partial charge in [-0.3, -0.25) is 4.68 Å². The number of aliphatic hydroxyl groups is 1. The summed E-state index contributed by atoms with van der Waals surface area (Å²) in [4.78, 5) is 4.31. The van der Waals surface area contributed by atoms with Crippen LogP contribution in [-0.2, 0) is 15.7 Å². The first-order valence-electron chi connectivity index (χ1n) is 9.97. The van der Waals surface area contributed by atoms with E-state index in [9.17, 15) is 18.3 Å². The minimum atomic E-state index is -4.75. The molecule has 3 aromatic rings. The topological polar surface area (TPSA) is 87.2 Å². The number of rotatable bonds is 3. The molecule has 4 atom stereocenters. The molecule has 1 N–H and O–H groups in total. The molecule has 0 bridgehead atoms. The van der Waals surface area contributed by atoms with Crippen LogP contribution >= 0.6 is 23.2 Å². The van der Waals surface area contributed by atoms with Crippen molar-refractivity contribution in [1.29, 1.82) is 0 Å². The fourth-order valence-electron chi connectivity index (χ4n) is 3.68. The van der Waals surface area contributed by atoms with Crippen molar-refractivity contribution >= 4 is 23.2 Å². The molecule has 3 unspecified atom stereocenters. The Balaban J connectivity index is 1.86. The van der Waals surface area contributed by atoms with E-state index in [0.29, 0.717) is 0 Å². The normalized spacial score (nSPS) is 24.5. The van der Waals surface area contributed by atoms with Crippen LogP contribution in [0.5, 0.6) is 0 Å². The Morgan fingerprint density at radius 1 is 1.18 bits per heavy atom. The standard InChI is InChI=1S/C20H20Cl2F3N5O3/c1-10-8-32-9-16(29-5-3-4-26-29)17(31)18(33-10)19-27-11(2)28-30(19)15-7-14(22)13(21)6-12(15)20(23,24)25/h3-7,10,16-18,31H,8-9H2,1-2H3/t10?,16-,17?,18?/m1/s1. The third-order valence-corrected chi connectivity index (χ3v) is 5.88. The van der Waals surface area contributed by atoms with Crippen LogP contribution in [0.2, 0.25) is 10.0 Å². The maximum absolute atomic E-state index is 13.9. The van der Waals surface area contributed by atoms with Gasteiger partial charge in [-0.1, -0.05) is 23.2 Å². The van der Waals surface area contributed by atoms with Crippen LogP contribution in [0.25, 0.3) is 5.69 Å². The van der Waals surface area contributed by atoms with E-state index in [2.05, 4.69) is 15.2 Å². The Bertz CT molecular complexity index is 1120. The van der Waals surface area contributed by atoms with Crippen molar-refractivity contribution in [2.75, 3.05) is 13.2 Å². The number of hydrogen-bond acceptors (Lipinski definition) is 6. The highest BCUT2D eigenvalue weighted by Crippen LogP contribution is 2.40. The molecule has 178 valence electrons. The molecule has 1 fully saturated rings. The lowest BCUT2D eigenvalue weighted by molar-refractivity contribution is -0.148. The van der Waals surface area contributed by atoms with Gasteiger partial charge in [-0.15, -0.1) is 0 Å². The summed E-state index contributed by atoms with van der Waals surface area (Å²) in [6, 6.07) is 2.80. The van der Waals surface area contributed by atoms with Crippen LogP contribution in [0.15, 0.2) is 30.6 Å². The molecule has 33 heavy (non-hydrogen) atoms. The maximum atomic E-state index is 13.9. The Morgan fingerprint density at radius 3 is 2.58 bits per heavy atom. The highest BCUT2D eigenvalue weighted by molar-refractivity contribution is 6.42. The summed E-state index contributed by atoms with van der Waals surface area (Å²) in [6.45, 7) is 3.56. The molecule has 0 saturated carbocycles. The third kappa shape index (κ3) is 4.87. The van der Waals surface area contributed by atoms with Gasteiger partial charge in [0.2, 0.25) is 0 Å². The lowest BCUT2D eigenvalue weighted by Gasteiger charge is -2.34. The number of aliphatic hydroxyl groups excluding tert-OH is 1. The van der Waals surface area contributed by atoms with Gasteiger partial charge in [-0.2, -0.15) is 23.4 Å². The number of aryl methyl sites for hydroxylation is 1. The highest BCUT2D eigenvalue weighted by atomic mass is 35.5. The Labute approximate surface area is 196 Å². The van der Waals surface area contributed by atoms with E-state index in [0.717, 1.165) is 16.8 Å². The summed E-state index contributed by atoms with van der Waals surface area (Å²) >= 11 is 11.9. The first-order valence-corrected chi connectivity index (χ1v) is 10.7. The first kappa shape index (κ1) is 24.0. The van der Waals surface area contributed by atoms with Crippen molar-refractivity contribution in [3.63, 3.8) is 0 Å². The molecule has 8 nitrogen and oxygen atoms in total. The number of benzene rings is 1. The second-order valence-corrected chi connectivity index (χ2v) is 8.47. The molecule has 3 heterocycles. The Hall–Kier alpha value is -2.18. The minimum absolute atomic E-state index is 0.0187. The van der Waals surface area contributed by atoms with Gasteiger partial charge in [0, 0.05) is 12.4 Å². The second-order valence-electron chi connectivity index (χ2n) is 7.66. The smallest absolute Gasteiger partial charge is 0.388 e. The summed E-state index contributed by atoms with van der Waals surface area (Å²) < 4.78 is 55.7. The number of alkyl halides is 3. The largest absolute Gasteiger partial charge is 0.418 e. The Kier molecular flexibility index (Phi) is 6.70. The number of nitrogens with zero attached hydrogens (tertiary/aromatic N) is 5. The number of halogens is 5. The SMILES string of the molecule is Cc1nc(C2OC(C)COC[C@@H](n3cccn3)C2O)n(-c2cc(Cl)c(Cl)cc2C(F)(F)F)n1. The monoisotopic (exact) mass is 505 g/mol. The van der Waals surface area contributed by atoms with Gasteiger partial charge in [0.25, 0.3) is 0 Å². The van der Waals surface area contributed by atoms with Crippen LogP contribution in [0.4, 0.5) is 13.2 Å². The van der Waals surface area contributed by atoms with Gasteiger partial charge < -0.3 is 14.6 Å². The minimum Gasteiger partial charge on any atom is -0.388 e. The van der Waals surface area contributed by atoms with Crippen LogP contribution in [0.3, 0.4) is 0 Å². The van der Waals surface area contributed by atoms with Gasteiger partial charge in [-0.25, -0.2) is 9.67 Å². The van der Waals surface area contributed by atoms with Crippen LogP contribution in [0.1, 0.15) is 36.3 Å². The van der Waals surface area contributed by atoms with E-state index in [1.165, 1.54) is 11.6 Å². The average molecular weight is 506 g/mol. The maximum Gasteiger partial charge on any atom is 0.418 e. The van der Waals surface area contributed by atoms with Crippen molar-refractivity contribution in [3.8, 4) is 5.69 Å². The summed E-state index contributed by atoms with van der Waals surface area (Å²) in [5.74, 6) is 0.163. The van der Waals surface area contributed by atoms with Crippen molar-refractivity contribution < 1.29 is 27.8 Å². The van der Waals surface area contributed by atoms with Crippen LogP contribution in [0, 0.1) is 6.92 Å². The van der Waals surface area contributed by atoms with E-state index in [-0.39, 0.29) is 40.6 Å². The fraction of sp³-hybridized carbons (Fsp3) is 0.450. The van der Waals surface area contributed by atoms with E-state index in [4.69, 9.17) is 32.7 Å². The molecule has 2 aromatic heterocycles. The van der Waals surface area contributed by atoms with Crippen molar-refractivity contribution in [2.45, 2.75) is 44.4 Å². The van der Waals surface area contributed by atoms with Gasteiger partial charge in [0.05, 0.1) is 40.6 Å². The van der Waals surface area contributed by atoms with E-state index < -0.39 is 36.1 Å². The molecule has 0 amide bonds. The molecule has 1 aromatic carbocycles. The van der Waals surface area contributed by atoms with Gasteiger partial charge >= 0.3 is 6.18 Å². The molecule has 1 saturated heterocycles. The zero-order valence-electron chi connectivity index (χ0n) is 17.5. The van der Waals surface area contributed by atoms with Crippen molar-refractivity contribution in [3.05, 3.63) is 57.9 Å². The Morgan fingerprint density at radius 2 is 1.91 bits per heavy atom. The number of ether oxygens (including phenoxy) is 2. The molecule has 4 rings (SSSR count). The van der Waals surface area contributed by atoms with Gasteiger partial charge in [-0.05, 0) is 32.0 Å². The predicted molar refractivity (Wildman–Crippen MR) is 112 cm³/mol. The zero-order chi connectivity index (χ0) is 23.9. The van der Waals surface area contributed by atoms with E-state index in [1.54, 1.807) is 25.4 Å². The van der Waals surface area contributed by atoms with E-state index in [1.807, 2.05) is 0 Å². The zero-order valence-corrected chi connectivity index (χ0v) is 19.0. The van der Waals surface area contributed by atoms with Crippen LogP contribution < -0.4 is 0 Å². The molecule has 0 spiro atoms. The van der Waals surface area contributed by atoms with Gasteiger partial charge in [0.1, 0.15) is 24.1 Å². The number of aromatic nitrogens is 5. The fourth-order valence-corrected chi connectivity index (χ4v) is 4.00. The summed E-state index contributed by atoms with van der Waals surface area (Å²) in [5.41, 5.74) is -1.44. The average Bonchev–Trinajstić information content (AvgIpc) is 3.38. The van der Waals surface area contributed by atoms with Crippen molar-refractivity contribution in [1.82, 2.24) is 24.5 Å². The van der Waals surface area contributed by atoms with E-state index >= 15 is 0 Å². The lowest BCUT2D eigenvalue weighted by Crippen LogP contribution is -2.40.